The van der Waals surface area contributed by atoms with Gasteiger partial charge in [0.1, 0.15) is 6.04 Å². The number of carbonyl (C=O) groups is 2. The molecule has 1 heterocycles. The molecule has 2 amide bonds. The molecule has 124 valence electrons. The third-order valence-corrected chi connectivity index (χ3v) is 4.54. The lowest BCUT2D eigenvalue weighted by Gasteiger charge is -2.24. The number of fused-ring (bicyclic) bond motifs is 1. The minimum atomic E-state index is -0.446. The molecule has 0 fully saturated rings. The van der Waals surface area contributed by atoms with Gasteiger partial charge in [-0.1, -0.05) is 48.0 Å². The molecule has 1 atom stereocenters. The number of para-hydroxylation sites is 1. The van der Waals surface area contributed by atoms with Gasteiger partial charge in [0.05, 0.1) is 0 Å². The summed E-state index contributed by atoms with van der Waals surface area (Å²) in [5.41, 5.74) is 4.26. The molecule has 0 saturated carbocycles. The average molecular weight is 322 g/mol. The van der Waals surface area contributed by atoms with Gasteiger partial charge in [-0.15, -0.1) is 0 Å². The van der Waals surface area contributed by atoms with Crippen LogP contribution in [-0.2, 0) is 22.4 Å². The fourth-order valence-corrected chi connectivity index (χ4v) is 3.20. The number of amides is 2. The van der Waals surface area contributed by atoms with Gasteiger partial charge in [-0.05, 0) is 30.5 Å². The Labute approximate surface area is 142 Å². The predicted octanol–water partition coefficient (Wildman–Crippen LogP) is 2.63. The van der Waals surface area contributed by atoms with Crippen molar-refractivity contribution in [2.45, 2.75) is 32.2 Å². The fourth-order valence-electron chi connectivity index (χ4n) is 3.20. The van der Waals surface area contributed by atoms with Crippen LogP contribution in [0.2, 0.25) is 0 Å². The van der Waals surface area contributed by atoms with Crippen LogP contribution in [0.1, 0.15) is 23.1 Å². The lowest BCUT2D eigenvalue weighted by molar-refractivity contribution is -0.125. The first-order valence-electron chi connectivity index (χ1n) is 8.27. The van der Waals surface area contributed by atoms with Crippen molar-refractivity contribution in [1.82, 2.24) is 5.32 Å². The van der Waals surface area contributed by atoms with Gasteiger partial charge in [-0.3, -0.25) is 14.5 Å². The Hall–Kier alpha value is -2.62. The van der Waals surface area contributed by atoms with Crippen LogP contribution in [0, 0.1) is 6.92 Å². The molecular formula is C20H22N2O2. The number of aryl methyl sites for hydroxylation is 2. The second-order valence-electron chi connectivity index (χ2n) is 6.21. The molecule has 4 heteroatoms. The van der Waals surface area contributed by atoms with E-state index in [1.54, 1.807) is 11.9 Å². The van der Waals surface area contributed by atoms with Crippen LogP contribution >= 0.6 is 0 Å². The number of hydrogen-bond donors (Lipinski definition) is 1. The SMILES string of the molecule is CNC(=O)C1Cc2ccccc2N1C(=O)CCc1ccc(C)cc1. The van der Waals surface area contributed by atoms with Gasteiger partial charge in [-0.25, -0.2) is 0 Å². The van der Waals surface area contributed by atoms with E-state index in [1.807, 2.05) is 31.2 Å². The molecule has 24 heavy (non-hydrogen) atoms. The van der Waals surface area contributed by atoms with Crippen molar-refractivity contribution in [2.75, 3.05) is 11.9 Å². The molecule has 0 aliphatic carbocycles. The largest absolute Gasteiger partial charge is 0.357 e. The highest BCUT2D eigenvalue weighted by atomic mass is 16.2. The molecule has 0 bridgehead atoms. The maximum Gasteiger partial charge on any atom is 0.243 e. The number of anilines is 1. The first kappa shape index (κ1) is 16.2. The first-order valence-corrected chi connectivity index (χ1v) is 8.27. The minimum Gasteiger partial charge on any atom is -0.357 e. The van der Waals surface area contributed by atoms with E-state index in [1.165, 1.54) is 5.56 Å². The zero-order chi connectivity index (χ0) is 17.1. The van der Waals surface area contributed by atoms with Crippen LogP contribution in [0.5, 0.6) is 0 Å². The molecule has 1 N–H and O–H groups in total. The number of nitrogens with zero attached hydrogens (tertiary/aromatic N) is 1. The first-order chi connectivity index (χ1) is 11.6. The predicted molar refractivity (Wildman–Crippen MR) is 95.0 cm³/mol. The average Bonchev–Trinajstić information content (AvgIpc) is 3.00. The van der Waals surface area contributed by atoms with E-state index in [0.29, 0.717) is 19.3 Å². The Morgan fingerprint density at radius 3 is 2.54 bits per heavy atom. The van der Waals surface area contributed by atoms with Gasteiger partial charge in [-0.2, -0.15) is 0 Å². The zero-order valence-corrected chi connectivity index (χ0v) is 14.1. The monoisotopic (exact) mass is 322 g/mol. The highest BCUT2D eigenvalue weighted by Gasteiger charge is 2.37. The van der Waals surface area contributed by atoms with E-state index in [0.717, 1.165) is 16.8 Å². The van der Waals surface area contributed by atoms with Crippen molar-refractivity contribution in [2.24, 2.45) is 0 Å². The highest BCUT2D eigenvalue weighted by molar-refractivity contribution is 6.03. The second-order valence-corrected chi connectivity index (χ2v) is 6.21. The van der Waals surface area contributed by atoms with Crippen molar-refractivity contribution in [3.8, 4) is 0 Å². The van der Waals surface area contributed by atoms with Crippen LogP contribution in [0.15, 0.2) is 48.5 Å². The van der Waals surface area contributed by atoms with Gasteiger partial charge < -0.3 is 5.32 Å². The Morgan fingerprint density at radius 1 is 1.12 bits per heavy atom. The number of rotatable bonds is 4. The minimum absolute atomic E-state index is 0.00544. The topological polar surface area (TPSA) is 49.4 Å². The van der Waals surface area contributed by atoms with Crippen LogP contribution in [-0.4, -0.2) is 24.9 Å². The molecular weight excluding hydrogens is 300 g/mol. The molecule has 1 aliphatic heterocycles. The third-order valence-electron chi connectivity index (χ3n) is 4.54. The summed E-state index contributed by atoms with van der Waals surface area (Å²) in [5, 5.41) is 2.67. The van der Waals surface area contributed by atoms with Gasteiger partial charge in [0.2, 0.25) is 11.8 Å². The molecule has 1 aliphatic rings. The Morgan fingerprint density at radius 2 is 1.83 bits per heavy atom. The van der Waals surface area contributed by atoms with Gasteiger partial charge >= 0.3 is 0 Å². The zero-order valence-electron chi connectivity index (χ0n) is 14.1. The van der Waals surface area contributed by atoms with Gasteiger partial charge in [0.15, 0.2) is 0 Å². The van der Waals surface area contributed by atoms with Gasteiger partial charge in [0, 0.05) is 25.6 Å². The fraction of sp³-hybridized carbons (Fsp3) is 0.300. The maximum absolute atomic E-state index is 12.8. The smallest absolute Gasteiger partial charge is 0.243 e. The lowest BCUT2D eigenvalue weighted by Crippen LogP contribution is -2.47. The number of carbonyl (C=O) groups excluding carboxylic acids is 2. The molecule has 2 aromatic rings. The van der Waals surface area contributed by atoms with Gasteiger partial charge in [0.25, 0.3) is 0 Å². The Kier molecular flexibility index (Phi) is 4.65. The van der Waals surface area contributed by atoms with Crippen LogP contribution in [0.4, 0.5) is 5.69 Å². The van der Waals surface area contributed by atoms with E-state index in [-0.39, 0.29) is 11.8 Å². The standard InChI is InChI=1S/C20H22N2O2/c1-14-7-9-15(10-8-14)11-12-19(23)22-17-6-4-3-5-16(17)13-18(22)20(24)21-2/h3-10,18H,11-13H2,1-2H3,(H,21,24). The number of likely N-dealkylation sites (N-methyl/N-ethyl adjacent to an activating group) is 1. The molecule has 0 aromatic heterocycles. The summed E-state index contributed by atoms with van der Waals surface area (Å²) in [4.78, 5) is 26.7. The van der Waals surface area contributed by atoms with Crippen molar-refractivity contribution in [3.63, 3.8) is 0 Å². The van der Waals surface area contributed by atoms with Crippen LogP contribution in [0.25, 0.3) is 0 Å². The summed E-state index contributed by atoms with van der Waals surface area (Å²) in [6.45, 7) is 2.05. The normalized spacial score (nSPS) is 15.9. The van der Waals surface area contributed by atoms with Crippen molar-refractivity contribution in [3.05, 3.63) is 65.2 Å². The van der Waals surface area contributed by atoms with E-state index >= 15 is 0 Å². The van der Waals surface area contributed by atoms with Crippen LogP contribution in [0.3, 0.4) is 0 Å². The van der Waals surface area contributed by atoms with E-state index in [2.05, 4.69) is 29.6 Å². The number of hydrogen-bond acceptors (Lipinski definition) is 2. The Balaban J connectivity index is 1.77. The number of nitrogens with one attached hydrogen (secondary N) is 1. The molecule has 0 spiro atoms. The summed E-state index contributed by atoms with van der Waals surface area (Å²) in [6, 6.07) is 15.5. The number of benzene rings is 2. The highest BCUT2D eigenvalue weighted by Crippen LogP contribution is 2.32. The van der Waals surface area contributed by atoms with E-state index < -0.39 is 6.04 Å². The molecule has 4 nitrogen and oxygen atoms in total. The molecule has 1 unspecified atom stereocenters. The molecule has 0 radical (unpaired) electrons. The summed E-state index contributed by atoms with van der Waals surface area (Å²) in [5.74, 6) is -0.121. The van der Waals surface area contributed by atoms with Crippen LogP contribution < -0.4 is 10.2 Å². The van der Waals surface area contributed by atoms with E-state index in [9.17, 15) is 9.59 Å². The Bertz CT molecular complexity index is 752. The summed E-state index contributed by atoms with van der Waals surface area (Å²) in [7, 11) is 1.61. The quantitative estimate of drug-likeness (QED) is 0.941. The molecule has 0 saturated heterocycles. The molecule has 2 aromatic carbocycles. The molecule has 3 rings (SSSR count). The third kappa shape index (κ3) is 3.18. The summed E-state index contributed by atoms with van der Waals surface area (Å²) in [6.07, 6.45) is 1.65. The van der Waals surface area contributed by atoms with Crippen molar-refractivity contribution in [1.29, 1.82) is 0 Å². The summed E-state index contributed by atoms with van der Waals surface area (Å²) < 4.78 is 0. The van der Waals surface area contributed by atoms with Crippen molar-refractivity contribution < 1.29 is 9.59 Å². The lowest BCUT2D eigenvalue weighted by atomic mass is 10.1. The summed E-state index contributed by atoms with van der Waals surface area (Å²) >= 11 is 0. The van der Waals surface area contributed by atoms with Crippen molar-refractivity contribution >= 4 is 17.5 Å². The van der Waals surface area contributed by atoms with E-state index in [4.69, 9.17) is 0 Å². The second kappa shape index (κ2) is 6.87. The maximum atomic E-state index is 12.8.